The average molecular weight is 285 g/mol. The standard InChI is InChI=1S/C16H12FNO3/c1-9(16(19)20)10-6-7-14-13(8-10)18-15(21-14)11-4-2-3-5-12(11)17/h2-9H,1H3,(H,19,20)/t9-/m1/s1. The molecular weight excluding hydrogens is 273 g/mol. The van der Waals surface area contributed by atoms with Gasteiger partial charge in [-0.15, -0.1) is 0 Å². The summed E-state index contributed by atoms with van der Waals surface area (Å²) in [5.41, 5.74) is 1.92. The molecule has 3 rings (SSSR count). The van der Waals surface area contributed by atoms with Crippen molar-refractivity contribution in [3.05, 3.63) is 53.8 Å². The molecule has 0 amide bonds. The predicted molar refractivity (Wildman–Crippen MR) is 75.5 cm³/mol. The molecule has 0 aliphatic rings. The molecule has 1 N–H and O–H groups in total. The maximum absolute atomic E-state index is 13.7. The van der Waals surface area contributed by atoms with E-state index in [2.05, 4.69) is 4.98 Å². The first-order chi connectivity index (χ1) is 10.1. The van der Waals surface area contributed by atoms with Crippen LogP contribution in [0.5, 0.6) is 0 Å². The smallest absolute Gasteiger partial charge is 0.310 e. The summed E-state index contributed by atoms with van der Waals surface area (Å²) in [7, 11) is 0. The molecule has 0 aliphatic heterocycles. The summed E-state index contributed by atoms with van der Waals surface area (Å²) in [5, 5.41) is 9.03. The maximum Gasteiger partial charge on any atom is 0.310 e. The van der Waals surface area contributed by atoms with Crippen LogP contribution in [0.1, 0.15) is 18.4 Å². The van der Waals surface area contributed by atoms with Gasteiger partial charge in [-0.3, -0.25) is 4.79 Å². The van der Waals surface area contributed by atoms with Gasteiger partial charge in [0.25, 0.3) is 0 Å². The lowest BCUT2D eigenvalue weighted by atomic mass is 10.0. The molecule has 0 saturated carbocycles. The Kier molecular flexibility index (Phi) is 3.17. The van der Waals surface area contributed by atoms with E-state index in [0.717, 1.165) is 0 Å². The Bertz CT molecular complexity index is 825. The first-order valence-electron chi connectivity index (χ1n) is 6.44. The van der Waals surface area contributed by atoms with Crippen molar-refractivity contribution in [1.82, 2.24) is 4.98 Å². The minimum absolute atomic E-state index is 0.184. The van der Waals surface area contributed by atoms with Gasteiger partial charge in [0.1, 0.15) is 11.3 Å². The summed E-state index contributed by atoms with van der Waals surface area (Å²) in [4.78, 5) is 15.3. The van der Waals surface area contributed by atoms with E-state index in [-0.39, 0.29) is 11.5 Å². The highest BCUT2D eigenvalue weighted by Gasteiger charge is 2.17. The number of carboxylic acids is 1. The number of benzene rings is 2. The van der Waals surface area contributed by atoms with Crippen molar-refractivity contribution in [1.29, 1.82) is 0 Å². The number of aliphatic carboxylic acids is 1. The fourth-order valence-electron chi connectivity index (χ4n) is 2.11. The zero-order chi connectivity index (χ0) is 15.0. The third kappa shape index (κ3) is 2.38. The van der Waals surface area contributed by atoms with Crippen molar-refractivity contribution < 1.29 is 18.7 Å². The number of aromatic nitrogens is 1. The van der Waals surface area contributed by atoms with Gasteiger partial charge in [-0.05, 0) is 36.8 Å². The summed E-state index contributed by atoms with van der Waals surface area (Å²) in [6.45, 7) is 1.60. The highest BCUT2D eigenvalue weighted by molar-refractivity contribution is 5.81. The van der Waals surface area contributed by atoms with Gasteiger partial charge in [0, 0.05) is 0 Å². The molecule has 0 saturated heterocycles. The third-order valence-electron chi connectivity index (χ3n) is 3.39. The van der Waals surface area contributed by atoms with Crippen molar-refractivity contribution in [3.63, 3.8) is 0 Å². The molecule has 0 fully saturated rings. The van der Waals surface area contributed by atoms with Gasteiger partial charge in [-0.25, -0.2) is 9.37 Å². The topological polar surface area (TPSA) is 63.3 Å². The minimum Gasteiger partial charge on any atom is -0.481 e. The van der Waals surface area contributed by atoms with Gasteiger partial charge in [0.05, 0.1) is 11.5 Å². The van der Waals surface area contributed by atoms with Gasteiger partial charge < -0.3 is 9.52 Å². The van der Waals surface area contributed by atoms with Gasteiger partial charge in [0.2, 0.25) is 5.89 Å². The van der Waals surface area contributed by atoms with E-state index in [1.807, 2.05) is 0 Å². The zero-order valence-corrected chi connectivity index (χ0v) is 11.2. The number of nitrogens with zero attached hydrogens (tertiary/aromatic N) is 1. The van der Waals surface area contributed by atoms with E-state index in [1.165, 1.54) is 6.07 Å². The number of halogens is 1. The highest BCUT2D eigenvalue weighted by Crippen LogP contribution is 2.28. The van der Waals surface area contributed by atoms with Crippen LogP contribution in [0.25, 0.3) is 22.6 Å². The summed E-state index contributed by atoms with van der Waals surface area (Å²) in [5.74, 6) is -1.78. The third-order valence-corrected chi connectivity index (χ3v) is 3.39. The van der Waals surface area contributed by atoms with Crippen LogP contribution in [0.2, 0.25) is 0 Å². The van der Waals surface area contributed by atoms with Crippen molar-refractivity contribution >= 4 is 17.1 Å². The molecule has 21 heavy (non-hydrogen) atoms. The summed E-state index contributed by atoms with van der Waals surface area (Å²) < 4.78 is 19.3. The zero-order valence-electron chi connectivity index (χ0n) is 11.2. The second-order valence-electron chi connectivity index (χ2n) is 4.79. The molecule has 0 radical (unpaired) electrons. The summed E-state index contributed by atoms with van der Waals surface area (Å²) >= 11 is 0. The largest absolute Gasteiger partial charge is 0.481 e. The monoisotopic (exact) mass is 285 g/mol. The number of rotatable bonds is 3. The molecular formula is C16H12FNO3. The molecule has 3 aromatic rings. The van der Waals surface area contributed by atoms with Crippen LogP contribution >= 0.6 is 0 Å². The van der Waals surface area contributed by atoms with E-state index >= 15 is 0 Å². The number of carbonyl (C=O) groups is 1. The minimum atomic E-state index is -0.910. The van der Waals surface area contributed by atoms with Crippen LogP contribution in [0.4, 0.5) is 4.39 Å². The Balaban J connectivity index is 2.09. The van der Waals surface area contributed by atoms with Crippen LogP contribution in [-0.2, 0) is 4.79 Å². The molecule has 2 aromatic carbocycles. The van der Waals surface area contributed by atoms with Gasteiger partial charge in [-0.1, -0.05) is 18.2 Å². The number of hydrogen-bond donors (Lipinski definition) is 1. The maximum atomic E-state index is 13.7. The van der Waals surface area contributed by atoms with Crippen molar-refractivity contribution in [2.24, 2.45) is 0 Å². The number of hydrogen-bond acceptors (Lipinski definition) is 3. The Morgan fingerprint density at radius 2 is 2.05 bits per heavy atom. The van der Waals surface area contributed by atoms with Gasteiger partial charge in [-0.2, -0.15) is 0 Å². The normalized spacial score (nSPS) is 12.5. The summed E-state index contributed by atoms with van der Waals surface area (Å²) in [6.07, 6.45) is 0. The fraction of sp³-hybridized carbons (Fsp3) is 0.125. The molecule has 0 aliphatic carbocycles. The van der Waals surface area contributed by atoms with E-state index in [0.29, 0.717) is 16.7 Å². The predicted octanol–water partition coefficient (Wildman–Crippen LogP) is 3.82. The van der Waals surface area contributed by atoms with Crippen LogP contribution in [-0.4, -0.2) is 16.1 Å². The molecule has 0 unspecified atom stereocenters. The molecule has 1 aromatic heterocycles. The van der Waals surface area contributed by atoms with Crippen molar-refractivity contribution in [2.75, 3.05) is 0 Å². The van der Waals surface area contributed by atoms with E-state index in [4.69, 9.17) is 9.52 Å². The second kappa shape index (κ2) is 5.01. The number of oxazole rings is 1. The molecule has 0 spiro atoms. The van der Waals surface area contributed by atoms with Gasteiger partial charge in [0.15, 0.2) is 5.58 Å². The molecule has 1 heterocycles. The Morgan fingerprint density at radius 3 is 2.76 bits per heavy atom. The molecule has 5 heteroatoms. The van der Waals surface area contributed by atoms with Crippen LogP contribution < -0.4 is 0 Å². The first-order valence-corrected chi connectivity index (χ1v) is 6.44. The second-order valence-corrected chi connectivity index (χ2v) is 4.79. The average Bonchev–Trinajstić information content (AvgIpc) is 2.89. The van der Waals surface area contributed by atoms with E-state index < -0.39 is 17.7 Å². The van der Waals surface area contributed by atoms with Crippen molar-refractivity contribution in [2.45, 2.75) is 12.8 Å². The van der Waals surface area contributed by atoms with E-state index in [9.17, 15) is 9.18 Å². The fourth-order valence-corrected chi connectivity index (χ4v) is 2.11. The van der Waals surface area contributed by atoms with Crippen LogP contribution in [0.3, 0.4) is 0 Å². The number of fused-ring (bicyclic) bond motifs is 1. The molecule has 1 atom stereocenters. The summed E-state index contributed by atoms with van der Waals surface area (Å²) in [6, 6.07) is 11.2. The molecule has 106 valence electrons. The number of carboxylic acid groups (broad SMARTS) is 1. The van der Waals surface area contributed by atoms with E-state index in [1.54, 1.807) is 43.3 Å². The molecule has 0 bridgehead atoms. The lowest BCUT2D eigenvalue weighted by molar-refractivity contribution is -0.138. The van der Waals surface area contributed by atoms with Crippen molar-refractivity contribution in [3.8, 4) is 11.5 Å². The van der Waals surface area contributed by atoms with Crippen LogP contribution in [0.15, 0.2) is 46.9 Å². The SMILES string of the molecule is C[C@@H](C(=O)O)c1ccc2oc(-c3ccccc3F)nc2c1. The van der Waals surface area contributed by atoms with Gasteiger partial charge >= 0.3 is 5.97 Å². The quantitative estimate of drug-likeness (QED) is 0.794. The Labute approximate surface area is 119 Å². The first kappa shape index (κ1) is 13.3. The lowest BCUT2D eigenvalue weighted by Gasteiger charge is -2.04. The molecule has 4 nitrogen and oxygen atoms in total. The van der Waals surface area contributed by atoms with Crippen LogP contribution in [0, 0.1) is 5.82 Å². The Morgan fingerprint density at radius 1 is 1.29 bits per heavy atom. The Hall–Kier alpha value is -2.69. The lowest BCUT2D eigenvalue weighted by Crippen LogP contribution is -2.06. The highest BCUT2D eigenvalue weighted by atomic mass is 19.1.